The normalized spacial score (nSPS) is 11.5. The third kappa shape index (κ3) is 4.35. The first-order chi connectivity index (χ1) is 9.01. The molecule has 0 saturated carbocycles. The molecular formula is C10H5Na2O8S2-. The molecule has 2 rings (SSSR count). The first kappa shape index (κ1) is 22.1. The summed E-state index contributed by atoms with van der Waals surface area (Å²) in [5, 5.41) is 22.6. The van der Waals surface area contributed by atoms with E-state index in [0.717, 1.165) is 18.2 Å². The average molecular weight is 363 g/mol. The van der Waals surface area contributed by atoms with Gasteiger partial charge in [-0.2, -0.15) is 8.42 Å². The van der Waals surface area contributed by atoms with Crippen molar-refractivity contribution in [2.75, 3.05) is 0 Å². The zero-order valence-corrected chi connectivity index (χ0v) is 17.1. The van der Waals surface area contributed by atoms with Gasteiger partial charge in [0.2, 0.25) is 0 Å². The Morgan fingerprint density at radius 1 is 0.909 bits per heavy atom. The van der Waals surface area contributed by atoms with E-state index >= 15 is 0 Å². The molecule has 0 heterocycles. The Bertz CT molecular complexity index is 922. The van der Waals surface area contributed by atoms with E-state index in [4.69, 9.17) is 4.55 Å². The Morgan fingerprint density at radius 2 is 1.45 bits per heavy atom. The van der Waals surface area contributed by atoms with E-state index in [1.165, 1.54) is 0 Å². The molecule has 0 fully saturated rings. The van der Waals surface area contributed by atoms with Crippen LogP contribution in [0.4, 0.5) is 0 Å². The van der Waals surface area contributed by atoms with Crippen LogP contribution in [0.2, 0.25) is 0 Å². The van der Waals surface area contributed by atoms with E-state index < -0.39 is 41.5 Å². The second-order valence-corrected chi connectivity index (χ2v) is 6.61. The van der Waals surface area contributed by atoms with Gasteiger partial charge in [-0.15, -0.1) is 5.75 Å². The molecule has 0 amide bonds. The Balaban J connectivity index is 0.00000220. The van der Waals surface area contributed by atoms with Crippen molar-refractivity contribution in [2.45, 2.75) is 9.79 Å². The topological polar surface area (TPSA) is 158 Å². The summed E-state index contributed by atoms with van der Waals surface area (Å²) in [6.45, 7) is 0. The summed E-state index contributed by atoms with van der Waals surface area (Å²) >= 11 is 0. The molecule has 0 bridgehead atoms. The maximum Gasteiger partial charge on any atom is 1.00 e. The van der Waals surface area contributed by atoms with Crippen molar-refractivity contribution in [3.05, 3.63) is 24.3 Å². The largest absolute Gasteiger partial charge is 1.00 e. The molecule has 0 saturated heterocycles. The second kappa shape index (κ2) is 7.34. The zero-order chi connectivity index (χ0) is 15.3. The summed E-state index contributed by atoms with van der Waals surface area (Å²) in [4.78, 5) is -1.86. The van der Waals surface area contributed by atoms with Gasteiger partial charge in [0, 0.05) is 0 Å². The molecular weight excluding hydrogens is 358 g/mol. The average Bonchev–Trinajstić information content (AvgIpc) is 2.30. The summed E-state index contributed by atoms with van der Waals surface area (Å²) in [7, 11) is -9.74. The fourth-order valence-corrected chi connectivity index (χ4v) is 2.76. The minimum Gasteiger partial charge on any atom is -0.872 e. The van der Waals surface area contributed by atoms with Crippen LogP contribution in [0.15, 0.2) is 34.1 Å². The van der Waals surface area contributed by atoms with Gasteiger partial charge in [0.05, 0.1) is 9.79 Å². The first-order valence-corrected chi connectivity index (χ1v) is 7.75. The van der Waals surface area contributed by atoms with Gasteiger partial charge >= 0.3 is 59.1 Å². The fourth-order valence-electron chi connectivity index (χ4n) is 1.66. The van der Waals surface area contributed by atoms with Crippen molar-refractivity contribution in [2.24, 2.45) is 0 Å². The molecule has 0 unspecified atom stereocenters. The first-order valence-electron chi connectivity index (χ1n) is 4.90. The minimum atomic E-state index is -4.94. The van der Waals surface area contributed by atoms with Gasteiger partial charge in [-0.1, -0.05) is 11.8 Å². The number of hydrogen-bond donors (Lipinski definition) is 1. The van der Waals surface area contributed by atoms with Gasteiger partial charge < -0.3 is 14.8 Å². The molecule has 12 heteroatoms. The van der Waals surface area contributed by atoms with Crippen molar-refractivity contribution < 1.29 is 95.3 Å². The van der Waals surface area contributed by atoms with E-state index in [1.807, 2.05) is 0 Å². The Morgan fingerprint density at radius 3 is 1.91 bits per heavy atom. The SMILES string of the molecule is O=S(=O)([O-])c1ccc2c([O-])c([O-])c(S(=O)(=O)O)cc2c1.[Na+].[Na+]. The molecule has 0 aliphatic heterocycles. The zero-order valence-electron chi connectivity index (χ0n) is 11.4. The van der Waals surface area contributed by atoms with E-state index in [9.17, 15) is 31.6 Å². The van der Waals surface area contributed by atoms with Gasteiger partial charge in [-0.25, -0.2) is 8.42 Å². The van der Waals surface area contributed by atoms with Crippen LogP contribution in [0, 0.1) is 0 Å². The van der Waals surface area contributed by atoms with Crippen molar-refractivity contribution >= 4 is 31.0 Å². The molecule has 0 atom stereocenters. The number of hydrogen-bond acceptors (Lipinski definition) is 7. The second-order valence-electron chi connectivity index (χ2n) is 3.85. The summed E-state index contributed by atoms with van der Waals surface area (Å²) in [5.74, 6) is -2.65. The van der Waals surface area contributed by atoms with Crippen LogP contribution in [-0.2, 0) is 20.2 Å². The molecule has 108 valence electrons. The Hall–Kier alpha value is 0.120. The number of rotatable bonds is 2. The third-order valence-corrected chi connectivity index (χ3v) is 4.24. The molecule has 22 heavy (non-hydrogen) atoms. The van der Waals surface area contributed by atoms with Gasteiger partial charge in [0.15, 0.2) is 0 Å². The molecule has 0 radical (unpaired) electrons. The van der Waals surface area contributed by atoms with Crippen molar-refractivity contribution in [1.82, 2.24) is 0 Å². The molecule has 8 nitrogen and oxygen atoms in total. The fraction of sp³-hybridized carbons (Fsp3) is 0. The van der Waals surface area contributed by atoms with Crippen LogP contribution < -0.4 is 69.3 Å². The van der Waals surface area contributed by atoms with Crippen LogP contribution in [0.25, 0.3) is 10.8 Å². The van der Waals surface area contributed by atoms with Gasteiger partial charge in [0.1, 0.15) is 10.1 Å². The summed E-state index contributed by atoms with van der Waals surface area (Å²) < 4.78 is 63.3. The van der Waals surface area contributed by atoms with Crippen molar-refractivity contribution in [1.29, 1.82) is 0 Å². The van der Waals surface area contributed by atoms with E-state index in [0.29, 0.717) is 6.07 Å². The molecule has 2 aromatic carbocycles. The van der Waals surface area contributed by atoms with Crippen molar-refractivity contribution in [3.8, 4) is 11.5 Å². The maximum atomic E-state index is 11.6. The smallest absolute Gasteiger partial charge is 0.872 e. The summed E-state index contributed by atoms with van der Waals surface area (Å²) in [6, 6.07) is 3.16. The third-order valence-electron chi connectivity index (χ3n) is 2.55. The monoisotopic (exact) mass is 363 g/mol. The Labute approximate surface area is 170 Å². The van der Waals surface area contributed by atoms with E-state index in [2.05, 4.69) is 0 Å². The van der Waals surface area contributed by atoms with Gasteiger partial charge in [-0.3, -0.25) is 4.55 Å². The molecule has 1 N–H and O–H groups in total. The standard InChI is InChI=1S/C10H8O8S2.2Na/c11-9-7-2-1-6(19(13,14)15)3-5(7)4-8(10(9)12)20(16,17)18;;/h1-4,11-12H,(H,13,14,15)(H,16,17,18);;/q;2*+1/p-3. The molecule has 0 aliphatic carbocycles. The van der Waals surface area contributed by atoms with Gasteiger partial charge in [-0.05, 0) is 29.0 Å². The maximum absolute atomic E-state index is 11.6. The van der Waals surface area contributed by atoms with E-state index in [-0.39, 0.29) is 69.9 Å². The van der Waals surface area contributed by atoms with Crippen LogP contribution in [0.1, 0.15) is 0 Å². The molecule has 0 aliphatic rings. The quantitative estimate of drug-likeness (QED) is 0.407. The number of benzene rings is 2. The van der Waals surface area contributed by atoms with Crippen LogP contribution in [0.5, 0.6) is 11.5 Å². The van der Waals surface area contributed by atoms with Crippen LogP contribution in [-0.4, -0.2) is 25.9 Å². The molecule has 0 aromatic heterocycles. The van der Waals surface area contributed by atoms with Gasteiger partial charge in [0.25, 0.3) is 10.1 Å². The van der Waals surface area contributed by atoms with Crippen molar-refractivity contribution in [3.63, 3.8) is 0 Å². The molecule has 2 aromatic rings. The Kier molecular flexibility index (Phi) is 7.38. The van der Waals surface area contributed by atoms with Crippen LogP contribution in [0.3, 0.4) is 0 Å². The molecule has 0 spiro atoms. The number of fused-ring (bicyclic) bond motifs is 1. The minimum absolute atomic E-state index is 0. The summed E-state index contributed by atoms with van der Waals surface area (Å²) in [5.41, 5.74) is 0. The van der Waals surface area contributed by atoms with Crippen LogP contribution >= 0.6 is 0 Å². The predicted molar refractivity (Wildman–Crippen MR) is 60.6 cm³/mol. The summed E-state index contributed by atoms with van der Waals surface area (Å²) in [6.07, 6.45) is 0. The predicted octanol–water partition coefficient (Wildman–Crippen LogP) is -6.85. The van der Waals surface area contributed by atoms with E-state index in [1.54, 1.807) is 0 Å².